The van der Waals surface area contributed by atoms with Gasteiger partial charge in [-0.05, 0) is 17.2 Å². The molecule has 0 radical (unpaired) electrons. The highest BCUT2D eigenvalue weighted by Gasteiger charge is 2.54. The zero-order valence-corrected chi connectivity index (χ0v) is 16.2. The fraction of sp³-hybridized carbons (Fsp3) is 0.300. The number of hydrogen-bond acceptors (Lipinski definition) is 6. The van der Waals surface area contributed by atoms with Crippen molar-refractivity contribution in [1.29, 1.82) is 0 Å². The molecule has 0 bridgehead atoms. The number of benzene rings is 2. The average Bonchev–Trinajstić information content (AvgIpc) is 2.76. The summed E-state index contributed by atoms with van der Waals surface area (Å²) in [5, 5.41) is 6.11. The van der Waals surface area contributed by atoms with Crippen LogP contribution in [0.15, 0.2) is 59.7 Å². The standard InChI is InChI=1S/C20H21N5O4/c1-28-20(29-2)17-11-7-6-10-16(17)18(26)25(19(20)27)24(13-12-22-23-21)14-15-8-4-3-5-9-15/h3-11H,12-14H2,1-2H3. The lowest BCUT2D eigenvalue weighted by molar-refractivity contribution is -0.234. The Balaban J connectivity index is 2.07. The van der Waals surface area contributed by atoms with Crippen molar-refractivity contribution >= 4 is 11.8 Å². The number of amides is 2. The molecule has 0 spiro atoms. The summed E-state index contributed by atoms with van der Waals surface area (Å²) in [6.45, 7) is 0.488. The molecule has 2 aromatic rings. The summed E-state index contributed by atoms with van der Waals surface area (Å²) in [6, 6.07) is 16.1. The van der Waals surface area contributed by atoms with Crippen molar-refractivity contribution in [2.45, 2.75) is 12.3 Å². The molecule has 0 atom stereocenters. The molecular formula is C20H21N5O4. The van der Waals surface area contributed by atoms with Crippen LogP contribution in [0.5, 0.6) is 0 Å². The molecule has 9 heteroatoms. The molecule has 0 saturated carbocycles. The maximum absolute atomic E-state index is 13.5. The summed E-state index contributed by atoms with van der Waals surface area (Å²) in [7, 11) is 2.71. The van der Waals surface area contributed by atoms with E-state index >= 15 is 0 Å². The van der Waals surface area contributed by atoms with Crippen LogP contribution >= 0.6 is 0 Å². The Labute approximate surface area is 168 Å². The van der Waals surface area contributed by atoms with E-state index in [1.54, 1.807) is 24.3 Å². The van der Waals surface area contributed by atoms with Gasteiger partial charge in [-0.2, -0.15) is 0 Å². The van der Waals surface area contributed by atoms with Crippen LogP contribution in [0.25, 0.3) is 10.4 Å². The number of hydrazine groups is 1. The zero-order valence-electron chi connectivity index (χ0n) is 16.2. The average molecular weight is 395 g/mol. The van der Waals surface area contributed by atoms with Gasteiger partial charge in [0.2, 0.25) is 0 Å². The third-order valence-corrected chi connectivity index (χ3v) is 4.77. The maximum atomic E-state index is 13.5. The van der Waals surface area contributed by atoms with Crippen LogP contribution < -0.4 is 0 Å². The molecule has 9 nitrogen and oxygen atoms in total. The molecule has 1 aliphatic heterocycles. The summed E-state index contributed by atoms with van der Waals surface area (Å²) < 4.78 is 11.0. The lowest BCUT2D eigenvalue weighted by atomic mass is 9.93. The molecule has 0 aromatic heterocycles. The van der Waals surface area contributed by atoms with Gasteiger partial charge in [0.15, 0.2) is 0 Å². The molecule has 0 unspecified atom stereocenters. The Bertz CT molecular complexity index is 939. The second-order valence-corrected chi connectivity index (χ2v) is 6.32. The van der Waals surface area contributed by atoms with Crippen LogP contribution in [0.3, 0.4) is 0 Å². The van der Waals surface area contributed by atoms with E-state index in [1.807, 2.05) is 30.3 Å². The van der Waals surface area contributed by atoms with Crippen molar-refractivity contribution in [2.24, 2.45) is 5.11 Å². The molecule has 2 aromatic carbocycles. The van der Waals surface area contributed by atoms with Gasteiger partial charge in [-0.15, -0.1) is 0 Å². The maximum Gasteiger partial charge on any atom is 0.309 e. The van der Waals surface area contributed by atoms with E-state index < -0.39 is 17.6 Å². The van der Waals surface area contributed by atoms with Gasteiger partial charge in [0, 0.05) is 44.3 Å². The van der Waals surface area contributed by atoms with Crippen molar-refractivity contribution < 1.29 is 19.1 Å². The van der Waals surface area contributed by atoms with E-state index in [4.69, 9.17) is 15.0 Å². The van der Waals surface area contributed by atoms with Crippen LogP contribution in [0.1, 0.15) is 21.5 Å². The lowest BCUT2D eigenvalue weighted by Gasteiger charge is -2.43. The minimum atomic E-state index is -1.75. The predicted octanol–water partition coefficient (Wildman–Crippen LogP) is 2.84. The highest BCUT2D eigenvalue weighted by atomic mass is 16.7. The van der Waals surface area contributed by atoms with E-state index in [-0.39, 0.29) is 19.6 Å². The first-order valence-electron chi connectivity index (χ1n) is 8.97. The third-order valence-electron chi connectivity index (χ3n) is 4.77. The number of carbonyl (C=O) groups excluding carboxylic acids is 2. The fourth-order valence-electron chi connectivity index (χ4n) is 3.40. The van der Waals surface area contributed by atoms with Crippen LogP contribution in [0.4, 0.5) is 0 Å². The highest BCUT2D eigenvalue weighted by Crippen LogP contribution is 2.37. The number of azide groups is 1. The largest absolute Gasteiger partial charge is 0.342 e. The normalized spacial score (nSPS) is 15.2. The Morgan fingerprint density at radius 2 is 1.72 bits per heavy atom. The number of nitrogens with zero attached hydrogens (tertiary/aromatic N) is 5. The summed E-state index contributed by atoms with van der Waals surface area (Å²) in [5.41, 5.74) is 10.2. The summed E-state index contributed by atoms with van der Waals surface area (Å²) in [4.78, 5) is 29.5. The van der Waals surface area contributed by atoms with Gasteiger partial charge < -0.3 is 9.47 Å². The van der Waals surface area contributed by atoms with E-state index in [2.05, 4.69) is 10.0 Å². The molecular weight excluding hydrogens is 374 g/mol. The van der Waals surface area contributed by atoms with E-state index in [1.165, 1.54) is 19.2 Å². The van der Waals surface area contributed by atoms with E-state index in [9.17, 15) is 9.59 Å². The number of rotatable bonds is 8. The first kappa shape index (κ1) is 20.5. The minimum Gasteiger partial charge on any atom is -0.342 e. The second-order valence-electron chi connectivity index (χ2n) is 6.32. The zero-order chi connectivity index (χ0) is 20.9. The summed E-state index contributed by atoms with van der Waals surface area (Å²) in [6.07, 6.45) is 0. The number of methoxy groups -OCH3 is 2. The van der Waals surface area contributed by atoms with Crippen molar-refractivity contribution in [3.63, 3.8) is 0 Å². The number of imide groups is 1. The SMILES string of the molecule is COC1(OC)C(=O)N(N(CCN=[N+]=[N-])Cc2ccccc2)C(=O)c2ccccc21. The van der Waals surface area contributed by atoms with Gasteiger partial charge in [0.25, 0.3) is 11.7 Å². The number of fused-ring (bicyclic) bond motifs is 1. The molecule has 29 heavy (non-hydrogen) atoms. The second kappa shape index (κ2) is 8.85. The Morgan fingerprint density at radius 1 is 1.07 bits per heavy atom. The number of ether oxygens (including phenoxy) is 2. The smallest absolute Gasteiger partial charge is 0.309 e. The molecule has 0 aliphatic carbocycles. The first-order chi connectivity index (χ1) is 14.1. The molecule has 0 N–H and O–H groups in total. The van der Waals surface area contributed by atoms with Crippen LogP contribution in [-0.4, -0.2) is 49.1 Å². The predicted molar refractivity (Wildman–Crippen MR) is 104 cm³/mol. The van der Waals surface area contributed by atoms with Gasteiger partial charge in [-0.25, -0.2) is 10.0 Å². The first-order valence-corrected chi connectivity index (χ1v) is 8.97. The van der Waals surface area contributed by atoms with Crippen molar-refractivity contribution in [1.82, 2.24) is 10.0 Å². The Hall–Kier alpha value is -3.23. The Kier molecular flexibility index (Phi) is 6.26. The monoisotopic (exact) mass is 395 g/mol. The third kappa shape index (κ3) is 3.72. The highest BCUT2D eigenvalue weighted by molar-refractivity contribution is 6.11. The lowest BCUT2D eigenvalue weighted by Crippen LogP contribution is -2.62. The van der Waals surface area contributed by atoms with E-state index in [0.717, 1.165) is 10.6 Å². The van der Waals surface area contributed by atoms with Crippen molar-refractivity contribution in [3.8, 4) is 0 Å². The van der Waals surface area contributed by atoms with Gasteiger partial charge in [-0.3, -0.25) is 9.59 Å². The van der Waals surface area contributed by atoms with E-state index in [0.29, 0.717) is 11.1 Å². The molecule has 2 amide bonds. The number of hydrogen-bond donors (Lipinski definition) is 0. The van der Waals surface area contributed by atoms with Gasteiger partial charge in [0.05, 0.1) is 5.56 Å². The van der Waals surface area contributed by atoms with Gasteiger partial charge in [-0.1, -0.05) is 53.6 Å². The quantitative estimate of drug-likeness (QED) is 0.224. The molecule has 1 aliphatic rings. The van der Waals surface area contributed by atoms with Crippen molar-refractivity contribution in [3.05, 3.63) is 81.7 Å². The van der Waals surface area contributed by atoms with Gasteiger partial charge in [0.1, 0.15) is 0 Å². The molecule has 0 saturated heterocycles. The fourth-order valence-corrected chi connectivity index (χ4v) is 3.40. The van der Waals surface area contributed by atoms with Crippen LogP contribution in [0, 0.1) is 0 Å². The minimum absolute atomic E-state index is 0.0784. The van der Waals surface area contributed by atoms with Crippen LogP contribution in [0.2, 0.25) is 0 Å². The summed E-state index contributed by atoms with van der Waals surface area (Å²) >= 11 is 0. The molecule has 0 fully saturated rings. The number of carbonyl (C=O) groups is 2. The van der Waals surface area contributed by atoms with Crippen molar-refractivity contribution in [2.75, 3.05) is 27.3 Å². The van der Waals surface area contributed by atoms with Crippen LogP contribution in [-0.2, 0) is 26.6 Å². The topological polar surface area (TPSA) is 108 Å². The summed E-state index contributed by atoms with van der Waals surface area (Å²) in [5.74, 6) is -2.91. The molecule has 3 rings (SSSR count). The van der Waals surface area contributed by atoms with Gasteiger partial charge >= 0.3 is 5.91 Å². The molecule has 150 valence electrons. The molecule has 1 heterocycles. The Morgan fingerprint density at radius 3 is 2.38 bits per heavy atom.